The maximum atomic E-state index is 13.6. The van der Waals surface area contributed by atoms with Crippen LogP contribution >= 0.6 is 34.3 Å². The Bertz CT molecular complexity index is 1170. The zero-order valence-corrected chi connectivity index (χ0v) is 21.4. The predicted molar refractivity (Wildman–Crippen MR) is 137 cm³/mol. The van der Waals surface area contributed by atoms with E-state index in [0.29, 0.717) is 35.5 Å². The highest BCUT2D eigenvalue weighted by Crippen LogP contribution is 2.35. The van der Waals surface area contributed by atoms with Gasteiger partial charge in [-0.25, -0.2) is 0 Å². The molecular weight excluding hydrogens is 488 g/mol. The number of halogens is 1. The number of thiophene rings is 2. The molecule has 0 radical (unpaired) electrons. The van der Waals surface area contributed by atoms with Gasteiger partial charge in [0.2, 0.25) is 5.91 Å². The molecule has 3 aromatic rings. The number of fused-ring (bicyclic) bond motifs is 1. The Morgan fingerprint density at radius 1 is 1.18 bits per heavy atom. The molecule has 0 saturated heterocycles. The van der Waals surface area contributed by atoms with E-state index in [2.05, 4.69) is 11.4 Å². The molecule has 34 heavy (non-hydrogen) atoms. The smallest absolute Gasteiger partial charge is 0.264 e. The Labute approximate surface area is 212 Å². The van der Waals surface area contributed by atoms with Crippen molar-refractivity contribution < 1.29 is 14.3 Å². The Kier molecular flexibility index (Phi) is 6.95. The standard InChI is InChI=1S/C26H27ClN2O3S2/c1-17-13-19(6-7-21(17)27)32-16-22-20-9-12-34-23(20)8-10-29(22)25(30)15-28(14-18-4-5-18)26(31)24-3-2-11-33-24/h2-3,6-7,9,11-13,18,22H,4-5,8,10,14-16H2,1H3/t22-/m0/s1. The van der Waals surface area contributed by atoms with Crippen molar-refractivity contribution in [2.45, 2.75) is 32.2 Å². The lowest BCUT2D eigenvalue weighted by Crippen LogP contribution is -2.48. The van der Waals surface area contributed by atoms with Gasteiger partial charge in [0.05, 0.1) is 10.9 Å². The second-order valence-corrected chi connectivity index (χ2v) is 11.3. The van der Waals surface area contributed by atoms with Crippen LogP contribution in [0.15, 0.2) is 47.2 Å². The Hall–Kier alpha value is -2.35. The van der Waals surface area contributed by atoms with Crippen LogP contribution in [0.4, 0.5) is 0 Å². The van der Waals surface area contributed by atoms with Gasteiger partial charge in [-0.1, -0.05) is 17.7 Å². The predicted octanol–water partition coefficient (Wildman–Crippen LogP) is 5.83. The molecule has 1 aliphatic heterocycles. The maximum Gasteiger partial charge on any atom is 0.264 e. The molecule has 5 nitrogen and oxygen atoms in total. The molecule has 5 rings (SSSR count). The summed E-state index contributed by atoms with van der Waals surface area (Å²) < 4.78 is 6.15. The van der Waals surface area contributed by atoms with Gasteiger partial charge in [-0.2, -0.15) is 0 Å². The first-order valence-electron chi connectivity index (χ1n) is 11.6. The number of rotatable bonds is 8. The molecule has 2 aliphatic rings. The number of hydrogen-bond acceptors (Lipinski definition) is 5. The SMILES string of the molecule is Cc1cc(OC[C@H]2c3ccsc3CCN2C(=O)CN(CC2CC2)C(=O)c2cccs2)ccc1Cl. The lowest BCUT2D eigenvalue weighted by molar-refractivity contribution is -0.135. The van der Waals surface area contributed by atoms with Crippen LogP contribution in [0.25, 0.3) is 0 Å². The van der Waals surface area contributed by atoms with E-state index < -0.39 is 0 Å². The van der Waals surface area contributed by atoms with Crippen molar-refractivity contribution in [3.63, 3.8) is 0 Å². The van der Waals surface area contributed by atoms with Gasteiger partial charge in [-0.3, -0.25) is 9.59 Å². The molecule has 0 N–H and O–H groups in total. The summed E-state index contributed by atoms with van der Waals surface area (Å²) >= 11 is 9.31. The van der Waals surface area contributed by atoms with Gasteiger partial charge in [0.25, 0.3) is 5.91 Å². The molecule has 0 unspecified atom stereocenters. The van der Waals surface area contributed by atoms with Crippen molar-refractivity contribution in [3.8, 4) is 5.75 Å². The molecule has 0 bridgehead atoms. The molecule has 0 spiro atoms. The van der Waals surface area contributed by atoms with E-state index in [1.54, 1.807) is 16.2 Å². The van der Waals surface area contributed by atoms with Gasteiger partial charge in [0.1, 0.15) is 18.9 Å². The lowest BCUT2D eigenvalue weighted by Gasteiger charge is -2.37. The lowest BCUT2D eigenvalue weighted by atomic mass is 10.0. The minimum absolute atomic E-state index is 0.0247. The van der Waals surface area contributed by atoms with Gasteiger partial charge < -0.3 is 14.5 Å². The van der Waals surface area contributed by atoms with Crippen LogP contribution in [-0.4, -0.2) is 47.9 Å². The average molecular weight is 515 g/mol. The molecule has 1 fully saturated rings. The Balaban J connectivity index is 1.33. The summed E-state index contributed by atoms with van der Waals surface area (Å²) in [7, 11) is 0. The summed E-state index contributed by atoms with van der Waals surface area (Å²) in [4.78, 5) is 32.4. The minimum atomic E-state index is -0.182. The summed E-state index contributed by atoms with van der Waals surface area (Å²) in [5.41, 5.74) is 2.10. The van der Waals surface area contributed by atoms with Crippen molar-refractivity contribution in [2.75, 3.05) is 26.2 Å². The topological polar surface area (TPSA) is 49.9 Å². The molecular formula is C26H27ClN2O3S2. The van der Waals surface area contributed by atoms with E-state index in [1.165, 1.54) is 16.2 Å². The number of ether oxygens (including phenoxy) is 1. The van der Waals surface area contributed by atoms with E-state index >= 15 is 0 Å². The molecule has 3 heterocycles. The van der Waals surface area contributed by atoms with Crippen molar-refractivity contribution in [1.29, 1.82) is 0 Å². The van der Waals surface area contributed by atoms with Gasteiger partial charge in [-0.05, 0) is 84.3 Å². The first-order chi connectivity index (χ1) is 16.5. The molecule has 178 valence electrons. The van der Waals surface area contributed by atoms with Crippen LogP contribution in [-0.2, 0) is 11.2 Å². The van der Waals surface area contributed by atoms with Gasteiger partial charge in [0.15, 0.2) is 0 Å². The van der Waals surface area contributed by atoms with Crippen LogP contribution in [0.5, 0.6) is 5.75 Å². The van der Waals surface area contributed by atoms with E-state index in [1.807, 2.05) is 47.5 Å². The van der Waals surface area contributed by atoms with Crippen LogP contribution in [0.1, 0.15) is 44.6 Å². The number of benzene rings is 1. The van der Waals surface area contributed by atoms with Gasteiger partial charge in [-0.15, -0.1) is 22.7 Å². The molecule has 1 aromatic carbocycles. The Morgan fingerprint density at radius 2 is 2.03 bits per heavy atom. The van der Waals surface area contributed by atoms with Gasteiger partial charge in [0, 0.05) is 23.0 Å². The van der Waals surface area contributed by atoms with E-state index in [9.17, 15) is 9.59 Å². The number of carbonyl (C=O) groups is 2. The fourth-order valence-corrected chi connectivity index (χ4v) is 6.13. The summed E-state index contributed by atoms with van der Waals surface area (Å²) in [6, 6.07) is 11.2. The van der Waals surface area contributed by atoms with Crippen LogP contribution < -0.4 is 4.74 Å². The molecule has 1 atom stereocenters. The first kappa shape index (κ1) is 23.4. The fourth-order valence-electron chi connectivity index (χ4n) is 4.40. The average Bonchev–Trinajstić information content (AvgIpc) is 3.27. The van der Waals surface area contributed by atoms with Gasteiger partial charge >= 0.3 is 0 Å². The zero-order valence-electron chi connectivity index (χ0n) is 19.0. The highest BCUT2D eigenvalue weighted by molar-refractivity contribution is 7.12. The highest BCUT2D eigenvalue weighted by atomic mass is 35.5. The molecule has 2 aromatic heterocycles. The number of carbonyl (C=O) groups excluding carboxylic acids is 2. The van der Waals surface area contributed by atoms with Crippen molar-refractivity contribution >= 4 is 46.1 Å². The third-order valence-corrected chi connectivity index (χ3v) is 8.75. The van der Waals surface area contributed by atoms with E-state index in [4.69, 9.17) is 16.3 Å². The summed E-state index contributed by atoms with van der Waals surface area (Å²) in [5, 5.41) is 4.68. The largest absolute Gasteiger partial charge is 0.491 e. The third kappa shape index (κ3) is 5.16. The second-order valence-electron chi connectivity index (χ2n) is 8.98. The van der Waals surface area contributed by atoms with E-state index in [0.717, 1.165) is 36.1 Å². The van der Waals surface area contributed by atoms with Crippen LogP contribution in [0.2, 0.25) is 5.02 Å². The fraction of sp³-hybridized carbons (Fsp3) is 0.385. The van der Waals surface area contributed by atoms with Crippen molar-refractivity contribution in [1.82, 2.24) is 9.80 Å². The quantitative estimate of drug-likeness (QED) is 0.380. The first-order valence-corrected chi connectivity index (χ1v) is 13.7. The monoisotopic (exact) mass is 514 g/mol. The summed E-state index contributed by atoms with van der Waals surface area (Å²) in [6.07, 6.45) is 3.08. The summed E-state index contributed by atoms with van der Waals surface area (Å²) in [5.74, 6) is 1.17. The third-order valence-electron chi connectivity index (χ3n) is 6.47. The maximum absolute atomic E-state index is 13.6. The van der Waals surface area contributed by atoms with Crippen LogP contribution in [0.3, 0.4) is 0 Å². The molecule has 8 heteroatoms. The van der Waals surface area contributed by atoms with Crippen molar-refractivity contribution in [3.05, 3.63) is 73.1 Å². The Morgan fingerprint density at radius 3 is 2.76 bits per heavy atom. The number of aryl methyl sites for hydroxylation is 1. The minimum Gasteiger partial charge on any atom is -0.491 e. The summed E-state index contributed by atoms with van der Waals surface area (Å²) in [6.45, 7) is 3.68. The van der Waals surface area contributed by atoms with Crippen molar-refractivity contribution in [2.24, 2.45) is 5.92 Å². The normalized spacial score (nSPS) is 17.4. The zero-order chi connectivity index (χ0) is 23.7. The molecule has 2 amide bonds. The van der Waals surface area contributed by atoms with E-state index in [-0.39, 0.29) is 24.4 Å². The molecule has 1 aliphatic carbocycles. The number of amides is 2. The number of hydrogen-bond donors (Lipinski definition) is 0. The molecule has 1 saturated carbocycles. The van der Waals surface area contributed by atoms with Crippen LogP contribution in [0, 0.1) is 12.8 Å². The highest BCUT2D eigenvalue weighted by Gasteiger charge is 2.35. The second kappa shape index (κ2) is 10.1. The number of nitrogens with zero attached hydrogens (tertiary/aromatic N) is 2.